The molecule has 0 aliphatic carbocycles. The lowest BCUT2D eigenvalue weighted by molar-refractivity contribution is 0.0690. The number of aromatic carboxylic acids is 1. The summed E-state index contributed by atoms with van der Waals surface area (Å²) in [5, 5.41) is 10.0. The van der Waals surface area contributed by atoms with Crippen LogP contribution in [0.3, 0.4) is 0 Å². The van der Waals surface area contributed by atoms with Crippen molar-refractivity contribution in [1.82, 2.24) is 4.98 Å². The Kier molecular flexibility index (Phi) is 2.14. The molecule has 0 fully saturated rings. The third-order valence-electron chi connectivity index (χ3n) is 1.23. The monoisotopic (exact) mass is 189 g/mol. The molecule has 5 heteroatoms. The second-order valence-corrected chi connectivity index (χ2v) is 3.67. The van der Waals surface area contributed by atoms with E-state index in [-0.39, 0.29) is 10.7 Å². The van der Waals surface area contributed by atoms with Crippen LogP contribution in [0.1, 0.15) is 29.3 Å². The number of halogens is 1. The van der Waals surface area contributed by atoms with Crippen molar-refractivity contribution >= 4 is 17.3 Å². The van der Waals surface area contributed by atoms with E-state index in [4.69, 9.17) is 5.11 Å². The molecule has 66 valence electrons. The Morgan fingerprint density at radius 2 is 2.33 bits per heavy atom. The Bertz CT molecular complexity index is 303. The highest BCUT2D eigenvalue weighted by atomic mass is 32.1. The minimum atomic E-state index is -1.56. The summed E-state index contributed by atoms with van der Waals surface area (Å²) in [6.07, 6.45) is 0. The number of aromatic nitrogens is 1. The van der Waals surface area contributed by atoms with E-state index in [0.29, 0.717) is 0 Å². The molecule has 0 bridgehead atoms. The van der Waals surface area contributed by atoms with E-state index in [2.05, 4.69) is 4.98 Å². The molecular weight excluding hydrogens is 181 g/mol. The Labute approximate surface area is 72.9 Å². The smallest absolute Gasteiger partial charge is 0.355 e. The predicted octanol–water partition coefficient (Wildman–Crippen LogP) is 2.05. The highest BCUT2D eigenvalue weighted by Crippen LogP contribution is 2.27. The molecule has 0 amide bonds. The van der Waals surface area contributed by atoms with Crippen LogP contribution < -0.4 is 0 Å². The number of hydrogen-bond acceptors (Lipinski definition) is 3. The molecule has 0 saturated carbocycles. The van der Waals surface area contributed by atoms with Crippen molar-refractivity contribution in [3.05, 3.63) is 16.1 Å². The van der Waals surface area contributed by atoms with Crippen LogP contribution in [0.2, 0.25) is 0 Å². The van der Waals surface area contributed by atoms with Gasteiger partial charge in [0.15, 0.2) is 11.4 Å². The summed E-state index contributed by atoms with van der Waals surface area (Å²) in [6.45, 7) is 2.69. The molecule has 0 saturated heterocycles. The van der Waals surface area contributed by atoms with Gasteiger partial charge in [0.25, 0.3) is 0 Å². The second kappa shape index (κ2) is 2.82. The van der Waals surface area contributed by atoms with Gasteiger partial charge in [0.2, 0.25) is 0 Å². The highest BCUT2D eigenvalue weighted by molar-refractivity contribution is 7.10. The van der Waals surface area contributed by atoms with E-state index in [1.165, 1.54) is 19.2 Å². The first-order valence-corrected chi connectivity index (χ1v) is 4.17. The molecule has 1 heterocycles. The van der Waals surface area contributed by atoms with Gasteiger partial charge >= 0.3 is 5.97 Å². The van der Waals surface area contributed by atoms with E-state index in [1.807, 2.05) is 0 Å². The predicted molar refractivity (Wildman–Crippen MR) is 43.2 cm³/mol. The van der Waals surface area contributed by atoms with Crippen LogP contribution in [0.25, 0.3) is 0 Å². The normalized spacial score (nSPS) is 11.6. The van der Waals surface area contributed by atoms with Crippen LogP contribution in [0.5, 0.6) is 0 Å². The molecule has 0 spiro atoms. The molecule has 0 aliphatic rings. The van der Waals surface area contributed by atoms with E-state index in [9.17, 15) is 9.18 Å². The third-order valence-corrected chi connectivity index (χ3v) is 2.37. The first-order chi connectivity index (χ1) is 5.41. The molecule has 0 atom stereocenters. The van der Waals surface area contributed by atoms with Gasteiger partial charge in [-0.2, -0.15) is 0 Å². The van der Waals surface area contributed by atoms with Crippen molar-refractivity contribution in [1.29, 1.82) is 0 Å². The summed E-state index contributed by atoms with van der Waals surface area (Å²) < 4.78 is 13.2. The maximum Gasteiger partial charge on any atom is 0.355 e. The number of carboxylic acids is 1. The average Bonchev–Trinajstić information content (AvgIpc) is 2.30. The largest absolute Gasteiger partial charge is 0.476 e. The summed E-state index contributed by atoms with van der Waals surface area (Å²) in [6, 6.07) is 0. The molecule has 1 N–H and O–H groups in total. The number of thiazole rings is 1. The van der Waals surface area contributed by atoms with E-state index < -0.39 is 11.6 Å². The fourth-order valence-corrected chi connectivity index (χ4v) is 1.45. The Balaban J connectivity index is 3.00. The minimum Gasteiger partial charge on any atom is -0.476 e. The average molecular weight is 189 g/mol. The van der Waals surface area contributed by atoms with Crippen LogP contribution in [0.4, 0.5) is 4.39 Å². The SMILES string of the molecule is CC(C)(F)c1nc(C(=O)O)cs1. The van der Waals surface area contributed by atoms with Crippen molar-refractivity contribution in [2.45, 2.75) is 19.5 Å². The van der Waals surface area contributed by atoms with Crippen LogP contribution in [0, 0.1) is 0 Å². The summed E-state index contributed by atoms with van der Waals surface area (Å²) in [7, 11) is 0. The summed E-state index contributed by atoms with van der Waals surface area (Å²) in [5.41, 5.74) is -1.65. The van der Waals surface area contributed by atoms with Gasteiger partial charge in [-0.15, -0.1) is 11.3 Å². The summed E-state index contributed by atoms with van der Waals surface area (Å²) in [4.78, 5) is 14.0. The number of carbonyl (C=O) groups is 1. The molecule has 0 unspecified atom stereocenters. The Morgan fingerprint density at radius 1 is 1.75 bits per heavy atom. The van der Waals surface area contributed by atoms with Crippen molar-refractivity contribution in [2.75, 3.05) is 0 Å². The van der Waals surface area contributed by atoms with Crippen molar-refractivity contribution < 1.29 is 14.3 Å². The second-order valence-electron chi connectivity index (χ2n) is 2.82. The van der Waals surface area contributed by atoms with E-state index >= 15 is 0 Å². The molecule has 0 radical (unpaired) electrons. The highest BCUT2D eigenvalue weighted by Gasteiger charge is 2.24. The topological polar surface area (TPSA) is 50.2 Å². The minimum absolute atomic E-state index is 0.0966. The lowest BCUT2D eigenvalue weighted by Gasteiger charge is -2.08. The number of nitrogens with zero attached hydrogens (tertiary/aromatic N) is 1. The van der Waals surface area contributed by atoms with Gasteiger partial charge in [-0.3, -0.25) is 0 Å². The zero-order valence-corrected chi connectivity index (χ0v) is 7.48. The van der Waals surface area contributed by atoms with Crippen LogP contribution in [-0.2, 0) is 5.67 Å². The first kappa shape index (κ1) is 9.12. The fourth-order valence-electron chi connectivity index (χ4n) is 0.645. The van der Waals surface area contributed by atoms with Gasteiger partial charge in [-0.25, -0.2) is 14.2 Å². The first-order valence-electron chi connectivity index (χ1n) is 3.29. The van der Waals surface area contributed by atoms with E-state index in [1.54, 1.807) is 0 Å². The molecule has 3 nitrogen and oxygen atoms in total. The van der Waals surface area contributed by atoms with Crippen molar-refractivity contribution in [3.63, 3.8) is 0 Å². The van der Waals surface area contributed by atoms with Gasteiger partial charge in [-0.05, 0) is 13.8 Å². The van der Waals surface area contributed by atoms with Crippen LogP contribution in [-0.4, -0.2) is 16.1 Å². The number of carboxylic acid groups (broad SMARTS) is 1. The third kappa shape index (κ3) is 1.79. The van der Waals surface area contributed by atoms with Gasteiger partial charge in [0.1, 0.15) is 5.01 Å². The maximum atomic E-state index is 13.2. The maximum absolute atomic E-state index is 13.2. The lowest BCUT2D eigenvalue weighted by atomic mass is 10.2. The molecule has 1 aromatic rings. The number of hydrogen-bond donors (Lipinski definition) is 1. The quantitative estimate of drug-likeness (QED) is 0.774. The number of rotatable bonds is 2. The standard InChI is InChI=1S/C7H8FNO2S/c1-7(2,8)6-9-4(3-12-6)5(10)11/h3H,1-2H3,(H,10,11). The van der Waals surface area contributed by atoms with Gasteiger partial charge in [0, 0.05) is 5.38 Å². The Hall–Kier alpha value is -0.970. The fraction of sp³-hybridized carbons (Fsp3) is 0.429. The molecule has 1 rings (SSSR count). The summed E-state index contributed by atoms with van der Waals surface area (Å²) in [5.74, 6) is -1.12. The molecule has 12 heavy (non-hydrogen) atoms. The molecular formula is C7H8FNO2S. The van der Waals surface area contributed by atoms with Crippen LogP contribution >= 0.6 is 11.3 Å². The zero-order chi connectivity index (χ0) is 9.35. The summed E-state index contributed by atoms with van der Waals surface area (Å²) >= 11 is 1.02. The lowest BCUT2D eigenvalue weighted by Crippen LogP contribution is -2.09. The zero-order valence-electron chi connectivity index (χ0n) is 6.67. The Morgan fingerprint density at radius 3 is 2.58 bits per heavy atom. The van der Waals surface area contributed by atoms with Gasteiger partial charge in [0.05, 0.1) is 0 Å². The van der Waals surface area contributed by atoms with Gasteiger partial charge in [-0.1, -0.05) is 0 Å². The van der Waals surface area contributed by atoms with E-state index in [0.717, 1.165) is 11.3 Å². The van der Waals surface area contributed by atoms with Crippen molar-refractivity contribution in [3.8, 4) is 0 Å². The van der Waals surface area contributed by atoms with Gasteiger partial charge < -0.3 is 5.11 Å². The van der Waals surface area contributed by atoms with Crippen LogP contribution in [0.15, 0.2) is 5.38 Å². The molecule has 0 aliphatic heterocycles. The number of alkyl halides is 1. The molecule has 0 aromatic carbocycles. The molecule has 1 aromatic heterocycles. The van der Waals surface area contributed by atoms with Crippen molar-refractivity contribution in [2.24, 2.45) is 0 Å².